The van der Waals surface area contributed by atoms with Gasteiger partial charge in [-0.2, -0.15) is 0 Å². The molecule has 0 N–H and O–H groups in total. The summed E-state index contributed by atoms with van der Waals surface area (Å²) >= 11 is 0. The molecule has 0 saturated heterocycles. The van der Waals surface area contributed by atoms with Crippen molar-refractivity contribution in [2.75, 3.05) is 32.3 Å². The predicted molar refractivity (Wildman–Crippen MR) is 89.3 cm³/mol. The first-order chi connectivity index (χ1) is 11.6. The standard InChI is InChI=1S/C18H19NO5/c1-19(14-6-4-3-5-7-14)17(20)12-24-18(21)13-23-16-10-8-15(22-2)9-11-16/h3-11H,12-13H2,1-2H3. The van der Waals surface area contributed by atoms with E-state index >= 15 is 0 Å². The number of nitrogens with zero attached hydrogens (tertiary/aromatic N) is 1. The molecule has 0 aliphatic rings. The van der Waals surface area contributed by atoms with Crippen LogP contribution < -0.4 is 14.4 Å². The number of ether oxygens (including phenoxy) is 3. The lowest BCUT2D eigenvalue weighted by Crippen LogP contribution is -2.31. The second-order valence-electron chi connectivity index (χ2n) is 4.91. The zero-order valence-corrected chi connectivity index (χ0v) is 13.6. The zero-order chi connectivity index (χ0) is 17.4. The number of esters is 1. The first-order valence-electron chi connectivity index (χ1n) is 7.34. The molecule has 0 aliphatic carbocycles. The van der Waals surface area contributed by atoms with Crippen LogP contribution in [0, 0.1) is 0 Å². The highest BCUT2D eigenvalue weighted by Crippen LogP contribution is 2.17. The number of benzene rings is 2. The first kappa shape index (κ1) is 17.3. The van der Waals surface area contributed by atoms with E-state index in [1.807, 2.05) is 18.2 Å². The van der Waals surface area contributed by atoms with Crippen molar-refractivity contribution in [2.24, 2.45) is 0 Å². The molecule has 2 aromatic rings. The molecule has 1 amide bonds. The van der Waals surface area contributed by atoms with Crippen molar-refractivity contribution in [1.29, 1.82) is 0 Å². The van der Waals surface area contributed by atoms with E-state index in [1.54, 1.807) is 50.6 Å². The van der Waals surface area contributed by atoms with Gasteiger partial charge in [0, 0.05) is 12.7 Å². The summed E-state index contributed by atoms with van der Waals surface area (Å²) in [5.41, 5.74) is 0.730. The second kappa shape index (κ2) is 8.57. The number of carbonyl (C=O) groups is 2. The molecule has 0 spiro atoms. The van der Waals surface area contributed by atoms with E-state index in [1.165, 1.54) is 4.90 Å². The van der Waals surface area contributed by atoms with Crippen LogP contribution in [0.1, 0.15) is 0 Å². The van der Waals surface area contributed by atoms with Crippen molar-refractivity contribution >= 4 is 17.6 Å². The smallest absolute Gasteiger partial charge is 0.344 e. The molecule has 0 unspecified atom stereocenters. The Balaban J connectivity index is 1.75. The lowest BCUT2D eigenvalue weighted by molar-refractivity contribution is -0.149. The summed E-state index contributed by atoms with van der Waals surface area (Å²) < 4.78 is 15.3. The Bertz CT molecular complexity index is 670. The van der Waals surface area contributed by atoms with E-state index in [-0.39, 0.29) is 19.1 Å². The number of hydrogen-bond donors (Lipinski definition) is 0. The minimum Gasteiger partial charge on any atom is -0.497 e. The molecule has 0 saturated carbocycles. The zero-order valence-electron chi connectivity index (χ0n) is 13.6. The molecule has 126 valence electrons. The van der Waals surface area contributed by atoms with Crippen molar-refractivity contribution in [1.82, 2.24) is 0 Å². The molecule has 0 aromatic heterocycles. The Morgan fingerprint density at radius 2 is 1.54 bits per heavy atom. The fourth-order valence-corrected chi connectivity index (χ4v) is 1.89. The summed E-state index contributed by atoms with van der Waals surface area (Å²) in [6, 6.07) is 15.9. The molecular weight excluding hydrogens is 310 g/mol. The van der Waals surface area contributed by atoms with Crippen LogP contribution in [0.5, 0.6) is 11.5 Å². The first-order valence-corrected chi connectivity index (χ1v) is 7.34. The number of carbonyl (C=O) groups excluding carboxylic acids is 2. The second-order valence-corrected chi connectivity index (χ2v) is 4.91. The fourth-order valence-electron chi connectivity index (χ4n) is 1.89. The Kier molecular flexibility index (Phi) is 6.19. The van der Waals surface area contributed by atoms with Crippen LogP contribution in [0.2, 0.25) is 0 Å². The highest BCUT2D eigenvalue weighted by Gasteiger charge is 2.13. The maximum Gasteiger partial charge on any atom is 0.344 e. The number of anilines is 1. The topological polar surface area (TPSA) is 65.1 Å². The molecule has 0 fully saturated rings. The number of rotatable bonds is 7. The van der Waals surface area contributed by atoms with E-state index in [2.05, 4.69) is 0 Å². The van der Waals surface area contributed by atoms with Gasteiger partial charge in [-0.25, -0.2) is 4.79 Å². The highest BCUT2D eigenvalue weighted by atomic mass is 16.6. The Morgan fingerprint density at radius 3 is 2.17 bits per heavy atom. The van der Waals surface area contributed by atoms with Crippen molar-refractivity contribution in [2.45, 2.75) is 0 Å². The molecule has 2 aromatic carbocycles. The predicted octanol–water partition coefficient (Wildman–Crippen LogP) is 2.28. The summed E-state index contributed by atoms with van der Waals surface area (Å²) in [7, 11) is 3.19. The molecule has 0 atom stereocenters. The molecular formula is C18H19NO5. The van der Waals surface area contributed by atoms with Gasteiger partial charge in [0.1, 0.15) is 11.5 Å². The lowest BCUT2D eigenvalue weighted by atomic mass is 10.3. The van der Waals surface area contributed by atoms with Crippen LogP contribution in [0.15, 0.2) is 54.6 Å². The number of para-hydroxylation sites is 1. The minimum atomic E-state index is -0.611. The van der Waals surface area contributed by atoms with Crippen molar-refractivity contribution in [3.05, 3.63) is 54.6 Å². The van der Waals surface area contributed by atoms with Gasteiger partial charge in [0.05, 0.1) is 7.11 Å². The quantitative estimate of drug-likeness (QED) is 0.729. The van der Waals surface area contributed by atoms with Gasteiger partial charge in [-0.05, 0) is 36.4 Å². The summed E-state index contributed by atoms with van der Waals surface area (Å²) in [6.45, 7) is -0.606. The third kappa shape index (κ3) is 5.01. The molecule has 6 nitrogen and oxygen atoms in total. The number of methoxy groups -OCH3 is 1. The summed E-state index contributed by atoms with van der Waals surface area (Å²) in [5, 5.41) is 0. The number of amides is 1. The highest BCUT2D eigenvalue weighted by molar-refractivity contribution is 5.94. The molecule has 0 bridgehead atoms. The van der Waals surface area contributed by atoms with Crippen LogP contribution in [-0.2, 0) is 14.3 Å². The average Bonchev–Trinajstić information content (AvgIpc) is 2.64. The lowest BCUT2D eigenvalue weighted by Gasteiger charge is -2.17. The summed E-state index contributed by atoms with van der Waals surface area (Å²) in [4.78, 5) is 25.1. The fraction of sp³-hybridized carbons (Fsp3) is 0.222. The summed E-state index contributed by atoms with van der Waals surface area (Å²) in [6.07, 6.45) is 0. The van der Waals surface area contributed by atoms with Crippen LogP contribution in [0.3, 0.4) is 0 Å². The largest absolute Gasteiger partial charge is 0.497 e. The van der Waals surface area contributed by atoms with E-state index < -0.39 is 5.97 Å². The van der Waals surface area contributed by atoms with Gasteiger partial charge in [-0.15, -0.1) is 0 Å². The van der Waals surface area contributed by atoms with Gasteiger partial charge < -0.3 is 19.1 Å². The molecule has 6 heteroatoms. The van der Waals surface area contributed by atoms with Crippen LogP contribution >= 0.6 is 0 Å². The Morgan fingerprint density at radius 1 is 0.917 bits per heavy atom. The maximum absolute atomic E-state index is 12.0. The summed E-state index contributed by atoms with van der Waals surface area (Å²) in [5.74, 6) is 0.277. The van der Waals surface area contributed by atoms with Crippen molar-refractivity contribution in [3.8, 4) is 11.5 Å². The monoisotopic (exact) mass is 329 g/mol. The minimum absolute atomic E-state index is 0.269. The normalized spacial score (nSPS) is 9.92. The van der Waals surface area contributed by atoms with Gasteiger partial charge in [0.15, 0.2) is 13.2 Å². The molecule has 24 heavy (non-hydrogen) atoms. The average molecular weight is 329 g/mol. The van der Waals surface area contributed by atoms with Crippen LogP contribution in [-0.4, -0.2) is 39.2 Å². The van der Waals surface area contributed by atoms with Gasteiger partial charge in [0.2, 0.25) is 0 Å². The van der Waals surface area contributed by atoms with Gasteiger partial charge >= 0.3 is 5.97 Å². The maximum atomic E-state index is 12.0. The molecule has 0 aliphatic heterocycles. The van der Waals surface area contributed by atoms with E-state index in [9.17, 15) is 9.59 Å². The molecule has 2 rings (SSSR count). The van der Waals surface area contributed by atoms with Gasteiger partial charge in [-0.1, -0.05) is 18.2 Å². The van der Waals surface area contributed by atoms with Gasteiger partial charge in [-0.3, -0.25) is 4.79 Å². The van der Waals surface area contributed by atoms with Crippen LogP contribution in [0.4, 0.5) is 5.69 Å². The third-order valence-corrected chi connectivity index (χ3v) is 3.29. The Labute approximate surface area is 140 Å². The van der Waals surface area contributed by atoms with E-state index in [0.29, 0.717) is 11.5 Å². The van der Waals surface area contributed by atoms with E-state index in [0.717, 1.165) is 5.69 Å². The number of hydrogen-bond acceptors (Lipinski definition) is 5. The molecule has 0 heterocycles. The van der Waals surface area contributed by atoms with Crippen molar-refractivity contribution in [3.63, 3.8) is 0 Å². The van der Waals surface area contributed by atoms with E-state index in [4.69, 9.17) is 14.2 Å². The van der Waals surface area contributed by atoms with Crippen molar-refractivity contribution < 1.29 is 23.8 Å². The Hall–Kier alpha value is -3.02. The van der Waals surface area contributed by atoms with Crippen LogP contribution in [0.25, 0.3) is 0 Å². The third-order valence-electron chi connectivity index (χ3n) is 3.29. The molecule has 0 radical (unpaired) electrons. The number of likely N-dealkylation sites (N-methyl/N-ethyl adjacent to an activating group) is 1. The van der Waals surface area contributed by atoms with Gasteiger partial charge in [0.25, 0.3) is 5.91 Å². The SMILES string of the molecule is COc1ccc(OCC(=O)OCC(=O)N(C)c2ccccc2)cc1.